The summed E-state index contributed by atoms with van der Waals surface area (Å²) < 4.78 is 6.46. The third-order valence-corrected chi connectivity index (χ3v) is 4.09. The van der Waals surface area contributed by atoms with Gasteiger partial charge in [-0.25, -0.2) is 0 Å². The maximum absolute atomic E-state index is 9.51. The average molecular weight is 314 g/mol. The molecule has 4 heteroatoms. The van der Waals surface area contributed by atoms with E-state index in [1.54, 1.807) is 6.07 Å². The summed E-state index contributed by atoms with van der Waals surface area (Å²) in [6, 6.07) is 6.20. The van der Waals surface area contributed by atoms with E-state index in [1.807, 2.05) is 12.1 Å². The van der Waals surface area contributed by atoms with Crippen molar-refractivity contribution in [3.8, 4) is 5.75 Å². The Hall–Kier alpha value is -0.580. The molecule has 0 amide bonds. The molecular formula is C14H20BrNO2. The van der Waals surface area contributed by atoms with Gasteiger partial charge in [0.1, 0.15) is 5.75 Å². The Labute approximate surface area is 117 Å². The first-order valence-corrected chi connectivity index (χ1v) is 7.22. The van der Waals surface area contributed by atoms with E-state index in [9.17, 15) is 5.11 Å². The smallest absolute Gasteiger partial charge is 0.129 e. The molecule has 1 saturated heterocycles. The summed E-state index contributed by atoms with van der Waals surface area (Å²) in [5.41, 5.74) is 1.22. The molecule has 1 heterocycles. The van der Waals surface area contributed by atoms with Crippen LogP contribution in [0.1, 0.15) is 25.8 Å². The Morgan fingerprint density at radius 1 is 1.50 bits per heavy atom. The monoisotopic (exact) mass is 313 g/mol. The van der Waals surface area contributed by atoms with E-state index in [1.165, 1.54) is 5.56 Å². The molecule has 18 heavy (non-hydrogen) atoms. The van der Waals surface area contributed by atoms with Crippen molar-refractivity contribution in [2.24, 2.45) is 0 Å². The Morgan fingerprint density at radius 3 is 2.94 bits per heavy atom. The number of nitrogens with zero attached hydrogens (tertiary/aromatic N) is 1. The third kappa shape index (κ3) is 3.25. The van der Waals surface area contributed by atoms with Crippen LogP contribution in [0.15, 0.2) is 22.7 Å². The Balaban J connectivity index is 2.08. The number of rotatable bonds is 3. The number of aromatic hydroxyl groups is 1. The van der Waals surface area contributed by atoms with Crippen LogP contribution in [0, 0.1) is 0 Å². The Bertz CT molecular complexity index is 411. The van der Waals surface area contributed by atoms with Gasteiger partial charge in [0.05, 0.1) is 17.2 Å². The van der Waals surface area contributed by atoms with E-state index < -0.39 is 0 Å². The van der Waals surface area contributed by atoms with E-state index >= 15 is 0 Å². The molecule has 0 spiro atoms. The summed E-state index contributed by atoms with van der Waals surface area (Å²) in [4.78, 5) is 2.47. The lowest BCUT2D eigenvalue weighted by Crippen LogP contribution is -2.47. The Kier molecular flexibility index (Phi) is 4.65. The maximum atomic E-state index is 9.51. The number of hydrogen-bond donors (Lipinski definition) is 1. The van der Waals surface area contributed by atoms with Crippen molar-refractivity contribution in [2.45, 2.75) is 39.0 Å². The fourth-order valence-electron chi connectivity index (χ4n) is 2.37. The third-order valence-electron chi connectivity index (χ3n) is 3.45. The molecule has 1 fully saturated rings. The summed E-state index contributed by atoms with van der Waals surface area (Å²) in [6.07, 6.45) is 1.40. The molecule has 0 saturated carbocycles. The topological polar surface area (TPSA) is 32.7 Å². The predicted molar refractivity (Wildman–Crippen MR) is 75.7 cm³/mol. The van der Waals surface area contributed by atoms with Crippen molar-refractivity contribution < 1.29 is 9.84 Å². The van der Waals surface area contributed by atoms with Gasteiger partial charge in [-0.1, -0.05) is 13.0 Å². The molecule has 2 atom stereocenters. The molecule has 1 N–H and O–H groups in total. The van der Waals surface area contributed by atoms with Crippen molar-refractivity contribution in [3.63, 3.8) is 0 Å². The highest BCUT2D eigenvalue weighted by molar-refractivity contribution is 9.10. The first-order chi connectivity index (χ1) is 8.60. The molecule has 1 aromatic carbocycles. The van der Waals surface area contributed by atoms with Crippen molar-refractivity contribution in [3.05, 3.63) is 28.2 Å². The molecule has 1 aliphatic rings. The molecule has 2 unspecified atom stereocenters. The molecule has 0 bridgehead atoms. The zero-order valence-corrected chi connectivity index (χ0v) is 12.5. The van der Waals surface area contributed by atoms with Gasteiger partial charge in [0.25, 0.3) is 0 Å². The van der Waals surface area contributed by atoms with Crippen molar-refractivity contribution in [1.29, 1.82) is 0 Å². The van der Waals surface area contributed by atoms with Crippen LogP contribution in [-0.4, -0.2) is 35.3 Å². The summed E-state index contributed by atoms with van der Waals surface area (Å²) in [7, 11) is 0. The molecular weight excluding hydrogens is 294 g/mol. The summed E-state index contributed by atoms with van der Waals surface area (Å²) in [6.45, 7) is 7.01. The van der Waals surface area contributed by atoms with Gasteiger partial charge in [-0.05, 0) is 47.0 Å². The molecule has 2 rings (SSSR count). The van der Waals surface area contributed by atoms with Crippen LogP contribution in [0.2, 0.25) is 0 Å². The van der Waals surface area contributed by atoms with Crippen LogP contribution in [0.3, 0.4) is 0 Å². The lowest BCUT2D eigenvalue weighted by atomic mass is 10.1. The van der Waals surface area contributed by atoms with Gasteiger partial charge >= 0.3 is 0 Å². The average Bonchev–Trinajstić information content (AvgIpc) is 2.34. The van der Waals surface area contributed by atoms with Gasteiger partial charge in [-0.15, -0.1) is 0 Å². The zero-order chi connectivity index (χ0) is 13.1. The Morgan fingerprint density at radius 2 is 2.28 bits per heavy atom. The first-order valence-electron chi connectivity index (χ1n) is 6.43. The van der Waals surface area contributed by atoms with Gasteiger partial charge < -0.3 is 9.84 Å². The number of phenolic OH excluding ortho intramolecular Hbond substituents is 1. The second kappa shape index (κ2) is 6.04. The molecule has 3 nitrogen and oxygen atoms in total. The molecule has 0 aliphatic carbocycles. The van der Waals surface area contributed by atoms with Crippen molar-refractivity contribution in [1.82, 2.24) is 4.90 Å². The first kappa shape index (κ1) is 13.8. The van der Waals surface area contributed by atoms with E-state index in [4.69, 9.17) is 4.74 Å². The van der Waals surface area contributed by atoms with Crippen LogP contribution in [0.4, 0.5) is 0 Å². The maximum Gasteiger partial charge on any atom is 0.129 e. The predicted octanol–water partition coefficient (Wildman–Crippen LogP) is 3.15. The fraction of sp³-hybridized carbons (Fsp3) is 0.571. The van der Waals surface area contributed by atoms with Crippen LogP contribution >= 0.6 is 15.9 Å². The van der Waals surface area contributed by atoms with E-state index in [0.29, 0.717) is 17.9 Å². The number of ether oxygens (including phenoxy) is 1. The lowest BCUT2D eigenvalue weighted by Gasteiger charge is -2.38. The SMILES string of the molecule is CCC1COC(C)CN1Cc1ccc(O)c(Br)c1. The molecule has 0 radical (unpaired) electrons. The van der Waals surface area contributed by atoms with Gasteiger partial charge in [-0.3, -0.25) is 4.90 Å². The number of hydrogen-bond acceptors (Lipinski definition) is 3. The summed E-state index contributed by atoms with van der Waals surface area (Å²) >= 11 is 3.36. The van der Waals surface area contributed by atoms with E-state index in [0.717, 1.165) is 30.6 Å². The summed E-state index contributed by atoms with van der Waals surface area (Å²) in [5, 5.41) is 9.51. The molecule has 1 aliphatic heterocycles. The molecule has 100 valence electrons. The van der Waals surface area contributed by atoms with Crippen molar-refractivity contribution in [2.75, 3.05) is 13.2 Å². The number of benzene rings is 1. The van der Waals surface area contributed by atoms with E-state index in [-0.39, 0.29) is 0 Å². The second-order valence-electron chi connectivity index (χ2n) is 4.92. The highest BCUT2D eigenvalue weighted by atomic mass is 79.9. The van der Waals surface area contributed by atoms with Crippen molar-refractivity contribution >= 4 is 15.9 Å². The van der Waals surface area contributed by atoms with Crippen LogP contribution in [0.5, 0.6) is 5.75 Å². The number of halogens is 1. The largest absolute Gasteiger partial charge is 0.507 e. The highest BCUT2D eigenvalue weighted by Gasteiger charge is 2.25. The van der Waals surface area contributed by atoms with Gasteiger partial charge in [0, 0.05) is 19.1 Å². The number of morpholine rings is 1. The second-order valence-corrected chi connectivity index (χ2v) is 5.78. The quantitative estimate of drug-likeness (QED) is 0.930. The normalized spacial score (nSPS) is 25.3. The van der Waals surface area contributed by atoms with Gasteiger partial charge in [0.2, 0.25) is 0 Å². The van der Waals surface area contributed by atoms with E-state index in [2.05, 4.69) is 34.7 Å². The molecule has 0 aromatic heterocycles. The zero-order valence-electron chi connectivity index (χ0n) is 10.9. The lowest BCUT2D eigenvalue weighted by molar-refractivity contribution is -0.0592. The minimum Gasteiger partial charge on any atom is -0.507 e. The van der Waals surface area contributed by atoms with Crippen LogP contribution in [-0.2, 0) is 11.3 Å². The fourth-order valence-corrected chi connectivity index (χ4v) is 2.79. The van der Waals surface area contributed by atoms with Crippen LogP contribution in [0.25, 0.3) is 0 Å². The standard InChI is InChI=1S/C14H20BrNO2/c1-3-12-9-18-10(2)7-16(12)8-11-4-5-14(17)13(15)6-11/h4-6,10,12,17H,3,7-9H2,1-2H3. The minimum absolute atomic E-state index is 0.293. The highest BCUT2D eigenvalue weighted by Crippen LogP contribution is 2.26. The van der Waals surface area contributed by atoms with Gasteiger partial charge in [0.15, 0.2) is 0 Å². The minimum atomic E-state index is 0.293. The molecule has 1 aromatic rings. The summed E-state index contributed by atoms with van der Waals surface area (Å²) in [5.74, 6) is 0.293. The van der Waals surface area contributed by atoms with Crippen LogP contribution < -0.4 is 0 Å². The van der Waals surface area contributed by atoms with Gasteiger partial charge in [-0.2, -0.15) is 0 Å². The number of phenols is 1.